The minimum atomic E-state index is -2.42. The van der Waals surface area contributed by atoms with Gasteiger partial charge in [-0.1, -0.05) is 52.4 Å². The van der Waals surface area contributed by atoms with Crippen molar-refractivity contribution in [2.45, 2.75) is 65.2 Å². The quantitative estimate of drug-likeness (QED) is 0.445. The zero-order valence-corrected chi connectivity index (χ0v) is 15.1. The van der Waals surface area contributed by atoms with Gasteiger partial charge in [-0.2, -0.15) is 0 Å². The molecule has 0 aromatic rings. The van der Waals surface area contributed by atoms with Crippen LogP contribution in [0.4, 0.5) is 0 Å². The average molecular weight is 357 g/mol. The van der Waals surface area contributed by atoms with E-state index in [1.807, 2.05) is 0 Å². The molecule has 4 nitrogen and oxygen atoms in total. The molecule has 2 atom stereocenters. The van der Waals surface area contributed by atoms with E-state index in [-0.39, 0.29) is 16.8 Å². The Hall–Kier alpha value is 0.886. The molecule has 0 amide bonds. The molecular weight excluding hydrogens is 329 g/mol. The van der Waals surface area contributed by atoms with E-state index >= 15 is 0 Å². The SMILES string of the molecule is CCCCCC[PH](=O)[O-].CCCCCC[PH](=O)[O-].[Co+2]. The first-order valence-corrected chi connectivity index (χ1v) is 9.99. The molecule has 0 bridgehead atoms. The summed E-state index contributed by atoms with van der Waals surface area (Å²) in [7, 11) is -4.83. The molecule has 0 spiro atoms. The van der Waals surface area contributed by atoms with Crippen molar-refractivity contribution in [2.24, 2.45) is 0 Å². The first kappa shape index (κ1) is 24.9. The van der Waals surface area contributed by atoms with E-state index in [1.54, 1.807) is 0 Å². The second kappa shape index (κ2) is 21.2. The van der Waals surface area contributed by atoms with Crippen LogP contribution in [0.1, 0.15) is 65.2 Å². The van der Waals surface area contributed by atoms with Crippen molar-refractivity contribution in [2.75, 3.05) is 12.3 Å². The van der Waals surface area contributed by atoms with Crippen molar-refractivity contribution < 1.29 is 35.7 Å². The van der Waals surface area contributed by atoms with E-state index in [2.05, 4.69) is 13.8 Å². The second-order valence-electron chi connectivity index (χ2n) is 4.37. The van der Waals surface area contributed by atoms with Crippen LogP contribution in [0, 0.1) is 0 Å². The van der Waals surface area contributed by atoms with Gasteiger partial charge >= 0.3 is 16.8 Å². The van der Waals surface area contributed by atoms with Gasteiger partial charge in [0, 0.05) is 16.1 Å². The summed E-state index contributed by atoms with van der Waals surface area (Å²) in [5.41, 5.74) is 0. The van der Waals surface area contributed by atoms with Crippen LogP contribution in [0.5, 0.6) is 0 Å². The van der Waals surface area contributed by atoms with Crippen LogP contribution in [0.25, 0.3) is 0 Å². The average Bonchev–Trinajstić information content (AvgIpc) is 2.31. The molecule has 19 heavy (non-hydrogen) atoms. The third kappa shape index (κ3) is 32.4. The Morgan fingerprint density at radius 2 is 1.00 bits per heavy atom. The van der Waals surface area contributed by atoms with Gasteiger partial charge in [0.15, 0.2) is 0 Å². The van der Waals surface area contributed by atoms with E-state index in [1.165, 1.54) is 12.8 Å². The predicted octanol–water partition coefficient (Wildman–Crippen LogP) is 2.80. The Bertz CT molecular complexity index is 194. The summed E-state index contributed by atoms with van der Waals surface area (Å²) in [5.74, 6) is 0. The molecule has 0 aromatic heterocycles. The normalized spacial score (nSPS) is 12.8. The van der Waals surface area contributed by atoms with Gasteiger partial charge in [-0.25, -0.2) is 0 Å². The Balaban J connectivity index is -0.000000256. The van der Waals surface area contributed by atoms with Crippen molar-refractivity contribution >= 4 is 16.1 Å². The summed E-state index contributed by atoms with van der Waals surface area (Å²) in [4.78, 5) is 20.1. The van der Waals surface area contributed by atoms with Crippen molar-refractivity contribution in [3.63, 3.8) is 0 Å². The first-order chi connectivity index (χ1) is 8.54. The number of unbranched alkanes of at least 4 members (excludes halogenated alkanes) is 6. The van der Waals surface area contributed by atoms with E-state index < -0.39 is 16.1 Å². The van der Waals surface area contributed by atoms with Crippen molar-refractivity contribution in [1.29, 1.82) is 0 Å². The molecule has 2 unspecified atom stereocenters. The molecule has 0 N–H and O–H groups in total. The van der Waals surface area contributed by atoms with E-state index in [4.69, 9.17) is 0 Å². The van der Waals surface area contributed by atoms with Gasteiger partial charge in [0.2, 0.25) is 0 Å². The maximum absolute atomic E-state index is 10.0. The van der Waals surface area contributed by atoms with Crippen LogP contribution < -0.4 is 9.79 Å². The molecule has 1 radical (unpaired) electrons. The summed E-state index contributed by atoms with van der Waals surface area (Å²) >= 11 is 0. The van der Waals surface area contributed by atoms with Gasteiger partial charge in [-0.05, 0) is 25.2 Å². The molecule has 0 heterocycles. The van der Waals surface area contributed by atoms with E-state index in [0.29, 0.717) is 12.3 Å². The largest absolute Gasteiger partial charge is 2.00 e. The molecule has 0 aliphatic rings. The molecular formula is C12H28CoO4P2. The van der Waals surface area contributed by atoms with Crippen LogP contribution in [0.15, 0.2) is 0 Å². The van der Waals surface area contributed by atoms with Crippen molar-refractivity contribution in [3.8, 4) is 0 Å². The Kier molecular flexibility index (Phi) is 27.7. The van der Waals surface area contributed by atoms with Crippen molar-refractivity contribution in [3.05, 3.63) is 0 Å². The molecule has 0 aliphatic carbocycles. The molecule has 119 valence electrons. The zero-order chi connectivity index (χ0) is 14.2. The van der Waals surface area contributed by atoms with Gasteiger partial charge in [0.1, 0.15) is 0 Å². The van der Waals surface area contributed by atoms with Crippen LogP contribution >= 0.6 is 16.1 Å². The maximum Gasteiger partial charge on any atom is 2.00 e. The fraction of sp³-hybridized carbons (Fsp3) is 1.00. The maximum atomic E-state index is 10.0. The molecule has 0 saturated carbocycles. The molecule has 0 aromatic carbocycles. The van der Waals surface area contributed by atoms with Gasteiger partial charge in [-0.3, -0.25) is 0 Å². The topological polar surface area (TPSA) is 80.3 Å². The third-order valence-electron chi connectivity index (χ3n) is 2.47. The zero-order valence-electron chi connectivity index (χ0n) is 12.0. The second-order valence-corrected chi connectivity index (χ2v) is 6.85. The van der Waals surface area contributed by atoms with Gasteiger partial charge < -0.3 is 18.9 Å². The van der Waals surface area contributed by atoms with E-state index in [0.717, 1.165) is 38.5 Å². The predicted molar refractivity (Wildman–Crippen MR) is 76.0 cm³/mol. The van der Waals surface area contributed by atoms with Gasteiger partial charge in [0.25, 0.3) is 0 Å². The summed E-state index contributed by atoms with van der Waals surface area (Å²) in [6, 6.07) is 0. The fourth-order valence-electron chi connectivity index (χ4n) is 1.39. The minimum Gasteiger partial charge on any atom is -0.802 e. The monoisotopic (exact) mass is 357 g/mol. The van der Waals surface area contributed by atoms with Crippen LogP contribution in [0.3, 0.4) is 0 Å². The van der Waals surface area contributed by atoms with Gasteiger partial charge in [0.05, 0.1) is 0 Å². The molecule has 0 rings (SSSR count). The number of rotatable bonds is 10. The van der Waals surface area contributed by atoms with Crippen LogP contribution in [0.2, 0.25) is 0 Å². The molecule has 7 heteroatoms. The Morgan fingerprint density at radius 3 is 1.21 bits per heavy atom. The van der Waals surface area contributed by atoms with Crippen LogP contribution in [-0.2, 0) is 25.9 Å². The van der Waals surface area contributed by atoms with E-state index in [9.17, 15) is 18.9 Å². The Labute approximate surface area is 129 Å². The molecule has 0 aliphatic heterocycles. The van der Waals surface area contributed by atoms with Crippen LogP contribution in [-0.4, -0.2) is 12.3 Å². The minimum absolute atomic E-state index is 0. The Morgan fingerprint density at radius 1 is 0.684 bits per heavy atom. The summed E-state index contributed by atoms with van der Waals surface area (Å²) < 4.78 is 20.1. The first-order valence-electron chi connectivity index (χ1n) is 6.94. The number of hydrogen-bond donors (Lipinski definition) is 0. The summed E-state index contributed by atoms with van der Waals surface area (Å²) in [6.07, 6.45) is 9.31. The third-order valence-corrected chi connectivity index (χ3v) is 3.99. The fourth-order valence-corrected chi connectivity index (χ4v) is 2.47. The van der Waals surface area contributed by atoms with Gasteiger partial charge in [-0.15, -0.1) is 0 Å². The number of hydrogen-bond acceptors (Lipinski definition) is 4. The summed E-state index contributed by atoms with van der Waals surface area (Å²) in [6.45, 7) is 4.22. The molecule has 0 fully saturated rings. The smallest absolute Gasteiger partial charge is 0.802 e. The summed E-state index contributed by atoms with van der Waals surface area (Å²) in [5, 5.41) is 0. The molecule has 0 saturated heterocycles. The standard InChI is InChI=1S/2C6H15O2P.Co/c2*1-2-3-4-5-6-9(7)8;/h2*9H,2-6H2,1H3,(H,7,8);/q;;+2/p-2. The van der Waals surface area contributed by atoms with Crippen molar-refractivity contribution in [1.82, 2.24) is 0 Å².